The van der Waals surface area contributed by atoms with E-state index in [1.54, 1.807) is 0 Å². The van der Waals surface area contributed by atoms with Gasteiger partial charge in [-0.15, -0.1) is 0 Å². The van der Waals surface area contributed by atoms with Crippen LogP contribution in [0.3, 0.4) is 0 Å². The van der Waals surface area contributed by atoms with E-state index >= 15 is 0 Å². The highest BCUT2D eigenvalue weighted by atomic mass is 19.3. The second kappa shape index (κ2) is 3.90. The van der Waals surface area contributed by atoms with Crippen LogP contribution in [0.15, 0.2) is 24.5 Å². The molecule has 0 aliphatic rings. The zero-order chi connectivity index (χ0) is 8.97. The Kier molecular flexibility index (Phi) is 2.85. The number of halogens is 2. The molecule has 64 valence electrons. The molecule has 1 aromatic heterocycles. The molecule has 0 fully saturated rings. The molecule has 12 heavy (non-hydrogen) atoms. The van der Waals surface area contributed by atoms with Crippen LogP contribution in [0.4, 0.5) is 8.78 Å². The molecule has 0 bridgehead atoms. The van der Waals surface area contributed by atoms with Crippen molar-refractivity contribution in [2.75, 3.05) is 0 Å². The second-order valence-corrected chi connectivity index (χ2v) is 2.28. The van der Waals surface area contributed by atoms with Gasteiger partial charge in [-0.3, -0.25) is 4.98 Å². The number of carbonyl (C=O) groups is 1. The summed E-state index contributed by atoms with van der Waals surface area (Å²) in [5, 5.41) is 0. The van der Waals surface area contributed by atoms with E-state index in [9.17, 15) is 13.6 Å². The van der Waals surface area contributed by atoms with Crippen LogP contribution in [0, 0.1) is 0 Å². The fraction of sp³-hybridized carbons (Fsp3) is 0.250. The number of alkyl halides is 2. The van der Waals surface area contributed by atoms with E-state index in [0.717, 1.165) is 0 Å². The highest BCUT2D eigenvalue weighted by Crippen LogP contribution is 2.19. The Morgan fingerprint density at radius 2 is 2.25 bits per heavy atom. The molecule has 0 saturated carbocycles. The van der Waals surface area contributed by atoms with Crippen LogP contribution in [0.2, 0.25) is 0 Å². The molecule has 0 spiro atoms. The molecule has 0 aliphatic carbocycles. The topological polar surface area (TPSA) is 30.0 Å². The molecule has 1 heterocycles. The summed E-state index contributed by atoms with van der Waals surface area (Å²) in [6, 6.07) is 2.98. The van der Waals surface area contributed by atoms with Gasteiger partial charge in [-0.05, 0) is 11.6 Å². The number of rotatable bonds is 3. The lowest BCUT2D eigenvalue weighted by atomic mass is 10.0. The van der Waals surface area contributed by atoms with Crippen molar-refractivity contribution in [3.8, 4) is 0 Å². The van der Waals surface area contributed by atoms with Gasteiger partial charge < -0.3 is 4.79 Å². The molecule has 0 aromatic carbocycles. The van der Waals surface area contributed by atoms with Crippen molar-refractivity contribution >= 4 is 6.29 Å². The molecule has 2 nitrogen and oxygen atoms in total. The van der Waals surface area contributed by atoms with Gasteiger partial charge in [0.1, 0.15) is 12.2 Å². The highest BCUT2D eigenvalue weighted by Gasteiger charge is 2.21. The van der Waals surface area contributed by atoms with Crippen LogP contribution in [0.25, 0.3) is 0 Å². The summed E-state index contributed by atoms with van der Waals surface area (Å²) in [4.78, 5) is 13.9. The first-order chi connectivity index (χ1) is 5.75. The largest absolute Gasteiger partial charge is 0.302 e. The van der Waals surface area contributed by atoms with Crippen LogP contribution >= 0.6 is 0 Å². The van der Waals surface area contributed by atoms with Crippen molar-refractivity contribution in [1.82, 2.24) is 4.98 Å². The highest BCUT2D eigenvalue weighted by molar-refractivity contribution is 5.62. The molecule has 0 radical (unpaired) electrons. The Labute approximate surface area is 68.2 Å². The fourth-order valence-corrected chi connectivity index (χ4v) is 0.857. The van der Waals surface area contributed by atoms with Crippen LogP contribution in [0.5, 0.6) is 0 Å². The summed E-state index contributed by atoms with van der Waals surface area (Å²) in [5.74, 6) is -1.35. The third-order valence-electron chi connectivity index (χ3n) is 1.49. The summed E-state index contributed by atoms with van der Waals surface area (Å²) >= 11 is 0. The molecule has 1 unspecified atom stereocenters. The lowest BCUT2D eigenvalue weighted by molar-refractivity contribution is -0.111. The number of nitrogens with zero attached hydrogens (tertiary/aromatic N) is 1. The average molecular weight is 171 g/mol. The van der Waals surface area contributed by atoms with Gasteiger partial charge in [0, 0.05) is 12.4 Å². The second-order valence-electron chi connectivity index (χ2n) is 2.28. The predicted molar refractivity (Wildman–Crippen MR) is 39.0 cm³/mol. The number of pyridine rings is 1. The molecule has 1 atom stereocenters. The van der Waals surface area contributed by atoms with Crippen molar-refractivity contribution in [3.63, 3.8) is 0 Å². The van der Waals surface area contributed by atoms with Crippen molar-refractivity contribution in [2.24, 2.45) is 0 Å². The van der Waals surface area contributed by atoms with E-state index in [1.165, 1.54) is 24.5 Å². The van der Waals surface area contributed by atoms with Gasteiger partial charge in [0.05, 0.1) is 0 Å². The van der Waals surface area contributed by atoms with Gasteiger partial charge in [-0.2, -0.15) is 0 Å². The van der Waals surface area contributed by atoms with Crippen LogP contribution in [-0.4, -0.2) is 17.7 Å². The zero-order valence-electron chi connectivity index (χ0n) is 6.15. The standard InChI is InChI=1S/C8H7F2NO/c9-8(10)7(5-12)6-2-1-3-11-4-6/h1-5,7-8H. The minimum Gasteiger partial charge on any atom is -0.302 e. The first-order valence-corrected chi connectivity index (χ1v) is 3.39. The summed E-state index contributed by atoms with van der Waals surface area (Å²) < 4.78 is 24.3. The van der Waals surface area contributed by atoms with Crippen molar-refractivity contribution < 1.29 is 13.6 Å². The van der Waals surface area contributed by atoms with E-state index in [4.69, 9.17) is 0 Å². The van der Waals surface area contributed by atoms with E-state index in [0.29, 0.717) is 0 Å². The van der Waals surface area contributed by atoms with Gasteiger partial charge in [-0.25, -0.2) is 8.78 Å². The van der Waals surface area contributed by atoms with Crippen molar-refractivity contribution in [3.05, 3.63) is 30.1 Å². The molecule has 0 aliphatic heterocycles. The number of carbonyl (C=O) groups excluding carboxylic acids is 1. The Balaban J connectivity index is 2.88. The van der Waals surface area contributed by atoms with Gasteiger partial charge in [0.2, 0.25) is 0 Å². The molecule has 1 aromatic rings. The summed E-state index contributed by atoms with van der Waals surface area (Å²) in [5.41, 5.74) is 0.252. The average Bonchev–Trinajstić information content (AvgIpc) is 2.07. The Morgan fingerprint density at radius 1 is 1.50 bits per heavy atom. The summed E-state index contributed by atoms with van der Waals surface area (Å²) in [6.07, 6.45) is 0.315. The maximum atomic E-state index is 12.1. The molecule has 1 rings (SSSR count). The molecule has 0 amide bonds. The fourth-order valence-electron chi connectivity index (χ4n) is 0.857. The van der Waals surface area contributed by atoms with E-state index < -0.39 is 12.3 Å². The van der Waals surface area contributed by atoms with Crippen molar-refractivity contribution in [2.45, 2.75) is 12.3 Å². The minimum absolute atomic E-state index is 0.238. The van der Waals surface area contributed by atoms with Crippen molar-refractivity contribution in [1.29, 1.82) is 0 Å². The quantitative estimate of drug-likeness (QED) is 0.647. The molecule has 0 saturated heterocycles. The molecule has 4 heteroatoms. The minimum atomic E-state index is -2.66. The van der Waals surface area contributed by atoms with E-state index in [2.05, 4.69) is 4.98 Å². The normalized spacial score (nSPS) is 12.9. The SMILES string of the molecule is O=CC(c1cccnc1)C(F)F. The van der Waals surface area contributed by atoms with Crippen LogP contribution in [-0.2, 0) is 4.79 Å². The number of hydrogen-bond acceptors (Lipinski definition) is 2. The lowest BCUT2D eigenvalue weighted by Gasteiger charge is -2.07. The summed E-state index contributed by atoms with van der Waals surface area (Å²) in [6.45, 7) is 0. The molecular formula is C8H7F2NO. The number of aldehydes is 1. The zero-order valence-corrected chi connectivity index (χ0v) is 6.15. The third-order valence-corrected chi connectivity index (χ3v) is 1.49. The van der Waals surface area contributed by atoms with Gasteiger partial charge in [-0.1, -0.05) is 6.07 Å². The predicted octanol–water partition coefficient (Wildman–Crippen LogP) is 1.63. The third kappa shape index (κ3) is 1.84. The van der Waals surface area contributed by atoms with Gasteiger partial charge >= 0.3 is 0 Å². The van der Waals surface area contributed by atoms with Crippen LogP contribution in [0.1, 0.15) is 11.5 Å². The Hall–Kier alpha value is -1.32. The Bertz CT molecular complexity index is 250. The monoisotopic (exact) mass is 171 g/mol. The Morgan fingerprint density at radius 3 is 2.67 bits per heavy atom. The number of aromatic nitrogens is 1. The maximum Gasteiger partial charge on any atom is 0.252 e. The molecule has 0 N–H and O–H groups in total. The van der Waals surface area contributed by atoms with E-state index in [-0.39, 0.29) is 11.8 Å². The number of hydrogen-bond donors (Lipinski definition) is 0. The smallest absolute Gasteiger partial charge is 0.252 e. The summed E-state index contributed by atoms with van der Waals surface area (Å²) in [7, 11) is 0. The maximum absolute atomic E-state index is 12.1. The molecular weight excluding hydrogens is 164 g/mol. The lowest BCUT2D eigenvalue weighted by Crippen LogP contribution is -2.10. The van der Waals surface area contributed by atoms with Gasteiger partial charge in [0.15, 0.2) is 0 Å². The first kappa shape index (κ1) is 8.77. The van der Waals surface area contributed by atoms with E-state index in [1.807, 2.05) is 0 Å². The van der Waals surface area contributed by atoms with Gasteiger partial charge in [0.25, 0.3) is 6.43 Å². The first-order valence-electron chi connectivity index (χ1n) is 3.39. The van der Waals surface area contributed by atoms with Crippen LogP contribution < -0.4 is 0 Å².